The van der Waals surface area contributed by atoms with Crippen LogP contribution in [-0.2, 0) is 0 Å². The molecular formula is C10H13N5OS. The van der Waals surface area contributed by atoms with Gasteiger partial charge in [0.25, 0.3) is 0 Å². The van der Waals surface area contributed by atoms with Gasteiger partial charge in [0.05, 0.1) is 7.11 Å². The summed E-state index contributed by atoms with van der Waals surface area (Å²) in [7, 11) is 1.56. The molecule has 0 aromatic carbocycles. The summed E-state index contributed by atoms with van der Waals surface area (Å²) in [5.41, 5.74) is 0.657. The van der Waals surface area contributed by atoms with Crippen molar-refractivity contribution >= 4 is 16.7 Å². The lowest BCUT2D eigenvalue weighted by molar-refractivity contribution is 0.397. The highest BCUT2D eigenvalue weighted by Crippen LogP contribution is 2.21. The van der Waals surface area contributed by atoms with Gasteiger partial charge in [-0.05, 0) is 13.8 Å². The van der Waals surface area contributed by atoms with Crippen LogP contribution < -0.4 is 10.1 Å². The van der Waals surface area contributed by atoms with E-state index in [0.717, 1.165) is 5.13 Å². The van der Waals surface area contributed by atoms with Crippen molar-refractivity contribution in [3.8, 4) is 17.4 Å². The van der Waals surface area contributed by atoms with Crippen molar-refractivity contribution in [3.63, 3.8) is 0 Å². The highest BCUT2D eigenvalue weighted by atomic mass is 32.1. The molecule has 0 unspecified atom stereocenters. The number of methoxy groups -OCH3 is 1. The summed E-state index contributed by atoms with van der Waals surface area (Å²) in [5, 5.41) is 3.98. The Kier molecular flexibility index (Phi) is 3.48. The number of anilines is 1. The van der Waals surface area contributed by atoms with E-state index in [1.54, 1.807) is 13.2 Å². The van der Waals surface area contributed by atoms with E-state index < -0.39 is 0 Å². The molecule has 0 amide bonds. The second kappa shape index (κ2) is 5.05. The largest absolute Gasteiger partial charge is 0.481 e. The first-order chi connectivity index (χ1) is 8.19. The van der Waals surface area contributed by atoms with E-state index in [2.05, 4.69) is 38.5 Å². The Balaban J connectivity index is 2.24. The van der Waals surface area contributed by atoms with E-state index in [9.17, 15) is 0 Å². The van der Waals surface area contributed by atoms with Crippen molar-refractivity contribution in [2.24, 2.45) is 0 Å². The lowest BCUT2D eigenvalue weighted by atomic mass is 10.4. The third-order valence-electron chi connectivity index (χ3n) is 1.92. The molecule has 0 spiro atoms. The zero-order valence-corrected chi connectivity index (χ0v) is 10.7. The smallest absolute Gasteiger partial charge is 0.216 e. The van der Waals surface area contributed by atoms with E-state index >= 15 is 0 Å². The first-order valence-corrected chi connectivity index (χ1v) is 5.93. The molecule has 2 heterocycles. The third-order valence-corrected chi connectivity index (χ3v) is 2.56. The van der Waals surface area contributed by atoms with Crippen LogP contribution in [0.2, 0.25) is 0 Å². The first-order valence-electron chi connectivity index (χ1n) is 5.15. The van der Waals surface area contributed by atoms with Crippen LogP contribution in [0.25, 0.3) is 11.5 Å². The topological polar surface area (TPSA) is 72.8 Å². The number of hydrogen-bond donors (Lipinski definition) is 1. The van der Waals surface area contributed by atoms with Gasteiger partial charge < -0.3 is 10.1 Å². The normalized spacial score (nSPS) is 10.6. The van der Waals surface area contributed by atoms with Gasteiger partial charge in [0.15, 0.2) is 5.82 Å². The summed E-state index contributed by atoms with van der Waals surface area (Å²) in [6, 6.07) is 2.04. The number of nitrogens with zero attached hydrogens (tertiary/aromatic N) is 4. The number of nitrogens with one attached hydrogen (secondary N) is 1. The molecule has 6 nitrogen and oxygen atoms in total. The minimum Gasteiger partial charge on any atom is -0.481 e. The maximum absolute atomic E-state index is 5.03. The quantitative estimate of drug-likeness (QED) is 0.893. The fourth-order valence-corrected chi connectivity index (χ4v) is 1.93. The Morgan fingerprint density at radius 2 is 2.18 bits per heavy atom. The van der Waals surface area contributed by atoms with Crippen LogP contribution in [-0.4, -0.2) is 32.5 Å². The van der Waals surface area contributed by atoms with Gasteiger partial charge in [0, 0.05) is 23.6 Å². The maximum Gasteiger partial charge on any atom is 0.216 e. The lowest BCUT2D eigenvalue weighted by Crippen LogP contribution is -2.09. The number of aromatic nitrogens is 4. The summed E-state index contributed by atoms with van der Waals surface area (Å²) >= 11 is 1.31. The summed E-state index contributed by atoms with van der Waals surface area (Å²) in [5.74, 6) is 1.09. The minimum atomic E-state index is 0.329. The average Bonchev–Trinajstić information content (AvgIpc) is 2.77. The standard InChI is InChI=1S/C10H13N5OS/c1-6(2)13-10-14-9(15-17-10)7-4-8(16-3)12-5-11-7/h4-6H,1-3H3,(H,13,14,15). The Morgan fingerprint density at radius 3 is 2.88 bits per heavy atom. The predicted octanol–water partition coefficient (Wildman–Crippen LogP) is 1.82. The van der Waals surface area contributed by atoms with E-state index in [1.165, 1.54) is 17.9 Å². The molecule has 0 radical (unpaired) electrons. The molecule has 7 heteroatoms. The molecule has 90 valence electrons. The molecule has 0 bridgehead atoms. The fraction of sp³-hybridized carbons (Fsp3) is 0.400. The van der Waals surface area contributed by atoms with Crippen LogP contribution in [0.5, 0.6) is 5.88 Å². The molecule has 0 aliphatic carbocycles. The van der Waals surface area contributed by atoms with Gasteiger partial charge in [-0.3, -0.25) is 0 Å². The van der Waals surface area contributed by atoms with Crippen LogP contribution >= 0.6 is 11.5 Å². The molecule has 0 aliphatic heterocycles. The number of ether oxygens (including phenoxy) is 1. The summed E-state index contributed by atoms with van der Waals surface area (Å²) in [6.07, 6.45) is 1.44. The van der Waals surface area contributed by atoms with Crippen LogP contribution in [0.3, 0.4) is 0 Å². The molecule has 0 fully saturated rings. The molecule has 2 aromatic heterocycles. The Bertz CT molecular complexity index is 499. The van der Waals surface area contributed by atoms with Crippen LogP contribution in [0.15, 0.2) is 12.4 Å². The molecule has 2 aromatic rings. The number of hydrogen-bond acceptors (Lipinski definition) is 7. The van der Waals surface area contributed by atoms with Gasteiger partial charge >= 0.3 is 0 Å². The predicted molar refractivity (Wildman–Crippen MR) is 66.2 cm³/mol. The van der Waals surface area contributed by atoms with E-state index in [4.69, 9.17) is 4.74 Å². The van der Waals surface area contributed by atoms with E-state index in [1.807, 2.05) is 0 Å². The lowest BCUT2D eigenvalue weighted by Gasteiger charge is -2.03. The van der Waals surface area contributed by atoms with Gasteiger partial charge in [0.1, 0.15) is 12.0 Å². The highest BCUT2D eigenvalue weighted by molar-refractivity contribution is 7.09. The van der Waals surface area contributed by atoms with Crippen LogP contribution in [0, 0.1) is 0 Å². The van der Waals surface area contributed by atoms with Crippen molar-refractivity contribution in [2.45, 2.75) is 19.9 Å². The average molecular weight is 251 g/mol. The monoisotopic (exact) mass is 251 g/mol. The fourth-order valence-electron chi connectivity index (χ4n) is 1.21. The van der Waals surface area contributed by atoms with Crippen molar-refractivity contribution < 1.29 is 4.74 Å². The first kappa shape index (κ1) is 11.7. The molecule has 0 saturated carbocycles. The van der Waals surface area contributed by atoms with Crippen molar-refractivity contribution in [1.29, 1.82) is 0 Å². The Labute approximate surface area is 103 Å². The van der Waals surface area contributed by atoms with Gasteiger partial charge in [-0.25, -0.2) is 9.97 Å². The second-order valence-corrected chi connectivity index (χ2v) is 4.42. The summed E-state index contributed by atoms with van der Waals surface area (Å²) < 4.78 is 9.27. The molecule has 0 aliphatic rings. The summed E-state index contributed by atoms with van der Waals surface area (Å²) in [4.78, 5) is 12.4. The summed E-state index contributed by atoms with van der Waals surface area (Å²) in [6.45, 7) is 4.10. The molecule has 1 N–H and O–H groups in total. The molecule has 0 saturated heterocycles. The zero-order valence-electron chi connectivity index (χ0n) is 9.84. The van der Waals surface area contributed by atoms with Gasteiger partial charge in [0.2, 0.25) is 11.0 Å². The van der Waals surface area contributed by atoms with Crippen LogP contribution in [0.1, 0.15) is 13.8 Å². The molecule has 0 atom stereocenters. The van der Waals surface area contributed by atoms with E-state index in [0.29, 0.717) is 23.4 Å². The van der Waals surface area contributed by atoms with Crippen molar-refractivity contribution in [3.05, 3.63) is 12.4 Å². The second-order valence-electron chi connectivity index (χ2n) is 3.67. The van der Waals surface area contributed by atoms with Crippen molar-refractivity contribution in [2.75, 3.05) is 12.4 Å². The van der Waals surface area contributed by atoms with Crippen molar-refractivity contribution in [1.82, 2.24) is 19.3 Å². The molecule has 17 heavy (non-hydrogen) atoms. The van der Waals surface area contributed by atoms with Gasteiger partial charge in [-0.15, -0.1) is 0 Å². The van der Waals surface area contributed by atoms with Crippen LogP contribution in [0.4, 0.5) is 5.13 Å². The molecule has 2 rings (SSSR count). The number of rotatable bonds is 4. The van der Waals surface area contributed by atoms with Gasteiger partial charge in [-0.2, -0.15) is 9.36 Å². The maximum atomic E-state index is 5.03. The zero-order chi connectivity index (χ0) is 12.3. The third kappa shape index (κ3) is 2.88. The Morgan fingerprint density at radius 1 is 1.35 bits per heavy atom. The highest BCUT2D eigenvalue weighted by Gasteiger charge is 2.09. The van der Waals surface area contributed by atoms with E-state index in [-0.39, 0.29) is 0 Å². The minimum absolute atomic E-state index is 0.329. The molecular weight excluding hydrogens is 238 g/mol. The Hall–Kier alpha value is -1.76. The SMILES string of the molecule is COc1cc(-c2nsc(NC(C)C)n2)ncn1. The van der Waals surface area contributed by atoms with Gasteiger partial charge in [-0.1, -0.05) is 0 Å².